The molecule has 1 aliphatic carbocycles. The fourth-order valence-electron chi connectivity index (χ4n) is 6.09. The van der Waals surface area contributed by atoms with E-state index in [1.165, 1.54) is 57.6 Å². The molecule has 41 heavy (non-hydrogen) atoms. The van der Waals surface area contributed by atoms with Crippen molar-refractivity contribution < 1.29 is 0 Å². The van der Waals surface area contributed by atoms with Crippen LogP contribution in [0.2, 0.25) is 0 Å². The van der Waals surface area contributed by atoms with Gasteiger partial charge in [0.05, 0.1) is 0 Å². The molecule has 0 saturated carbocycles. The van der Waals surface area contributed by atoms with Crippen molar-refractivity contribution in [2.75, 3.05) is 3.86 Å². The maximum absolute atomic E-state index is 6.83. The molecule has 4 rings (SSSR count). The van der Waals surface area contributed by atoms with Crippen molar-refractivity contribution in [3.8, 4) is 0 Å². The van der Waals surface area contributed by atoms with Gasteiger partial charge in [0.1, 0.15) is 0 Å². The summed E-state index contributed by atoms with van der Waals surface area (Å²) in [5.41, 5.74) is 13.0. The second-order valence-corrected chi connectivity index (χ2v) is 14.1. The Hall–Kier alpha value is -2.63. The quantitative estimate of drug-likeness (QED) is 0.184. The average molecular weight is 608 g/mol. The van der Waals surface area contributed by atoms with Crippen LogP contribution in [-0.4, -0.2) is 21.6 Å². The molecular weight excluding hydrogens is 559 g/mol. The number of nitrogens with two attached hydrogens (primary N) is 1. The first-order valence-corrected chi connectivity index (χ1v) is 17.7. The van der Waals surface area contributed by atoms with Crippen molar-refractivity contribution in [2.45, 2.75) is 105 Å². The molecule has 3 aromatic carbocycles. The van der Waals surface area contributed by atoms with Crippen LogP contribution in [0, 0.1) is 0 Å². The number of aliphatic imine (C=N–C) groups is 1. The number of para-hydroxylation sites is 2. The zero-order valence-electron chi connectivity index (χ0n) is 26.5. The van der Waals surface area contributed by atoms with Crippen molar-refractivity contribution in [1.82, 2.24) is 0 Å². The topological polar surface area (TPSA) is 41.6 Å². The Labute approximate surface area is 256 Å². The van der Waals surface area contributed by atoms with Gasteiger partial charge in [0.15, 0.2) is 0 Å². The normalized spacial score (nSPS) is 14.6. The van der Waals surface area contributed by atoms with E-state index in [9.17, 15) is 0 Å². The van der Waals surface area contributed by atoms with Gasteiger partial charge < -0.3 is 0 Å². The molecule has 2 radical (unpaired) electrons. The van der Waals surface area contributed by atoms with E-state index in [1.54, 1.807) is 0 Å². The zero-order chi connectivity index (χ0) is 29.7. The number of allylic oxidation sites excluding steroid dienone is 2. The molecule has 0 fully saturated rings. The van der Waals surface area contributed by atoms with Crippen LogP contribution in [0.15, 0.2) is 83.0 Å². The summed E-state index contributed by atoms with van der Waals surface area (Å²) in [5, 5.41) is 0. The second kappa shape index (κ2) is 14.0. The second-order valence-electron chi connectivity index (χ2n) is 12.6. The Balaban J connectivity index is 2.06. The van der Waals surface area contributed by atoms with Gasteiger partial charge in [0.2, 0.25) is 0 Å². The number of rotatable bonds is 10. The Morgan fingerprint density at radius 2 is 1.15 bits per heavy atom. The van der Waals surface area contributed by atoms with E-state index in [2.05, 4.69) is 126 Å². The van der Waals surface area contributed by atoms with Gasteiger partial charge in [-0.3, -0.25) is 0 Å². The van der Waals surface area contributed by atoms with E-state index >= 15 is 0 Å². The third-order valence-electron chi connectivity index (χ3n) is 8.30. The van der Waals surface area contributed by atoms with E-state index in [0.29, 0.717) is 23.7 Å². The summed E-state index contributed by atoms with van der Waals surface area (Å²) in [6.45, 7) is 18.4. The van der Waals surface area contributed by atoms with Gasteiger partial charge in [-0.15, -0.1) is 0 Å². The fraction of sp³-hybridized carbons (Fsp3) is 0.432. The van der Waals surface area contributed by atoms with Crippen LogP contribution in [0.1, 0.15) is 133 Å². The molecule has 3 aromatic rings. The number of benzene rings is 3. The molecule has 0 saturated heterocycles. The van der Waals surface area contributed by atoms with Gasteiger partial charge >= 0.3 is 257 Å². The number of nitrogens with zero attached hydrogens (tertiary/aromatic N) is 2. The van der Waals surface area contributed by atoms with Gasteiger partial charge in [0.25, 0.3) is 0 Å². The summed E-state index contributed by atoms with van der Waals surface area (Å²) in [5.74, 6) is 1.63. The average Bonchev–Trinajstić information content (AvgIpc) is 2.96. The monoisotopic (exact) mass is 609 g/mol. The molecule has 0 heterocycles. The molecule has 216 valence electrons. The predicted molar refractivity (Wildman–Crippen MR) is 180 cm³/mol. The molecule has 4 heteroatoms. The van der Waals surface area contributed by atoms with E-state index in [-0.39, 0.29) is 0 Å². The third kappa shape index (κ3) is 6.89. The standard InChI is InChI=1S/C37H49GeN3/c1-24(2)29-19-14-20-30(25(3)4)36(29)40-35(28-16-10-9-11-17-28)33-18-12-13-23-34(33)41(38-39)37-31(26(5)6)21-15-22-32(37)27(7)8/h9-11,14-17,19-22,24-27H,12-13,18,23,39H2,1-8H3. The first-order valence-electron chi connectivity index (χ1n) is 15.5. The Bertz CT molecular complexity index is 1330. The Morgan fingerprint density at radius 3 is 1.63 bits per heavy atom. The van der Waals surface area contributed by atoms with Crippen molar-refractivity contribution in [3.63, 3.8) is 0 Å². The molecule has 3 nitrogen and oxygen atoms in total. The Morgan fingerprint density at radius 1 is 0.659 bits per heavy atom. The van der Waals surface area contributed by atoms with Gasteiger partial charge in [-0.2, -0.15) is 0 Å². The summed E-state index contributed by atoms with van der Waals surface area (Å²) >= 11 is -0.906. The SMILES string of the molecule is CC(C)c1cccc(C(C)C)c1N=C(C1=C([N]([Ge][NH2])c2c(C(C)C)cccc2C(C)C)CCCC1)c1ccccc1. The first-order chi connectivity index (χ1) is 19.6. The molecule has 2 N–H and O–H groups in total. The van der Waals surface area contributed by atoms with Gasteiger partial charge in [-0.25, -0.2) is 0 Å². The number of hydrogen-bond acceptors (Lipinski definition) is 3. The van der Waals surface area contributed by atoms with Crippen LogP contribution >= 0.6 is 0 Å². The minimum atomic E-state index is -0.906. The van der Waals surface area contributed by atoms with E-state index in [1.807, 2.05) is 0 Å². The molecule has 1 aliphatic rings. The fourth-order valence-corrected chi connectivity index (χ4v) is 7.75. The molecule has 0 aromatic heterocycles. The van der Waals surface area contributed by atoms with E-state index < -0.39 is 15.9 Å². The minimum absolute atomic E-state index is 0.392. The summed E-state index contributed by atoms with van der Waals surface area (Å²) in [4.78, 5) is 5.68. The van der Waals surface area contributed by atoms with Crippen LogP contribution in [0.4, 0.5) is 11.4 Å². The molecule has 0 spiro atoms. The molecule has 0 unspecified atom stereocenters. The summed E-state index contributed by atoms with van der Waals surface area (Å²) in [7, 11) is 0. The van der Waals surface area contributed by atoms with Crippen LogP contribution in [-0.2, 0) is 0 Å². The third-order valence-corrected chi connectivity index (χ3v) is 9.88. The van der Waals surface area contributed by atoms with Crippen molar-refractivity contribution in [2.24, 2.45) is 9.68 Å². The van der Waals surface area contributed by atoms with Crippen molar-refractivity contribution in [3.05, 3.63) is 106 Å². The van der Waals surface area contributed by atoms with Gasteiger partial charge in [-0.05, 0) is 0 Å². The maximum atomic E-state index is 6.83. The zero-order valence-corrected chi connectivity index (χ0v) is 28.6. The van der Waals surface area contributed by atoms with Crippen LogP contribution in [0.25, 0.3) is 0 Å². The van der Waals surface area contributed by atoms with Gasteiger partial charge in [0, 0.05) is 0 Å². The van der Waals surface area contributed by atoms with Crippen LogP contribution in [0.3, 0.4) is 0 Å². The molecule has 0 aliphatic heterocycles. The van der Waals surface area contributed by atoms with Crippen LogP contribution < -0.4 is 8.55 Å². The van der Waals surface area contributed by atoms with E-state index in [0.717, 1.165) is 24.2 Å². The predicted octanol–water partition coefficient (Wildman–Crippen LogP) is 10.1. The Kier molecular flexibility index (Phi) is 10.7. The van der Waals surface area contributed by atoms with Gasteiger partial charge in [-0.1, -0.05) is 0 Å². The molecule has 0 atom stereocenters. The van der Waals surface area contributed by atoms with E-state index in [4.69, 9.17) is 9.68 Å². The molecule has 0 amide bonds. The summed E-state index contributed by atoms with van der Waals surface area (Å²) in [6.07, 6.45) is 4.42. The van der Waals surface area contributed by atoms with Crippen LogP contribution in [0.5, 0.6) is 0 Å². The van der Waals surface area contributed by atoms with Crippen molar-refractivity contribution >= 4 is 33.0 Å². The first kappa shape index (κ1) is 31.3. The van der Waals surface area contributed by atoms with Crippen molar-refractivity contribution in [1.29, 1.82) is 0 Å². The molecular formula is C37H49GeN3. The summed E-state index contributed by atoms with van der Waals surface area (Å²) < 4.78 is 9.40. The summed E-state index contributed by atoms with van der Waals surface area (Å²) in [6, 6.07) is 24.4. The number of anilines is 1. The molecule has 0 bridgehead atoms. The number of hydrogen-bond donors (Lipinski definition) is 1.